The lowest BCUT2D eigenvalue weighted by atomic mass is 9.90. The molecular formula is C23H24OSi. The first-order chi connectivity index (χ1) is 12.2. The quantitative estimate of drug-likeness (QED) is 0.473. The summed E-state index contributed by atoms with van der Waals surface area (Å²) in [6.45, 7) is 4.32. The van der Waals surface area contributed by atoms with Gasteiger partial charge in [-0.1, -0.05) is 78.9 Å². The molecule has 25 heavy (non-hydrogen) atoms. The van der Waals surface area contributed by atoms with Crippen molar-refractivity contribution in [1.82, 2.24) is 0 Å². The highest BCUT2D eigenvalue weighted by Crippen LogP contribution is 2.36. The highest BCUT2D eigenvalue weighted by Gasteiger charge is 2.19. The van der Waals surface area contributed by atoms with Gasteiger partial charge in [0, 0.05) is 0 Å². The summed E-state index contributed by atoms with van der Waals surface area (Å²) >= 11 is 0. The monoisotopic (exact) mass is 344 g/mol. The zero-order valence-corrected chi connectivity index (χ0v) is 17.1. The van der Waals surface area contributed by atoms with Gasteiger partial charge in [0.25, 0.3) is 0 Å². The van der Waals surface area contributed by atoms with Gasteiger partial charge < -0.3 is 4.43 Å². The van der Waals surface area contributed by atoms with Crippen LogP contribution in [0.25, 0.3) is 11.6 Å². The Labute approximate surface area is 153 Å². The molecule has 126 valence electrons. The largest absolute Gasteiger partial charge is 0.417 e. The number of aryl methyl sites for hydroxylation is 2. The summed E-state index contributed by atoms with van der Waals surface area (Å²) in [7, 11) is 0.678. The minimum Gasteiger partial charge on any atom is -0.417 e. The molecule has 0 radical (unpaired) electrons. The van der Waals surface area contributed by atoms with Gasteiger partial charge >= 0.3 is 0 Å². The SMILES string of the molecule is Cc1ccccc1C=C(c1ccccc1C)C(O[SiH3])c1ccccc1. The molecule has 0 saturated heterocycles. The summed E-state index contributed by atoms with van der Waals surface area (Å²) in [4.78, 5) is 0. The van der Waals surface area contributed by atoms with Crippen molar-refractivity contribution >= 4 is 22.1 Å². The molecule has 3 aromatic rings. The molecule has 0 aliphatic carbocycles. The van der Waals surface area contributed by atoms with Crippen molar-refractivity contribution < 1.29 is 4.43 Å². The molecular weight excluding hydrogens is 320 g/mol. The smallest absolute Gasteiger partial charge is 0.147 e. The lowest BCUT2D eigenvalue weighted by Crippen LogP contribution is -2.06. The van der Waals surface area contributed by atoms with Gasteiger partial charge in [-0.2, -0.15) is 0 Å². The normalized spacial score (nSPS) is 13.0. The van der Waals surface area contributed by atoms with E-state index in [1.807, 2.05) is 6.07 Å². The van der Waals surface area contributed by atoms with Gasteiger partial charge in [-0.15, -0.1) is 0 Å². The first-order valence-electron chi connectivity index (χ1n) is 8.61. The predicted octanol–water partition coefficient (Wildman–Crippen LogP) is 4.88. The highest BCUT2D eigenvalue weighted by molar-refractivity contribution is 5.99. The van der Waals surface area contributed by atoms with Crippen molar-refractivity contribution in [3.63, 3.8) is 0 Å². The second-order valence-corrected chi connectivity index (χ2v) is 6.77. The number of benzene rings is 3. The molecule has 1 unspecified atom stereocenters. The third-order valence-corrected chi connectivity index (χ3v) is 5.05. The topological polar surface area (TPSA) is 9.23 Å². The van der Waals surface area contributed by atoms with Crippen molar-refractivity contribution in [2.75, 3.05) is 0 Å². The molecule has 0 fully saturated rings. The molecule has 0 aliphatic rings. The zero-order chi connectivity index (χ0) is 17.6. The van der Waals surface area contributed by atoms with Crippen LogP contribution in [0.5, 0.6) is 0 Å². The second kappa shape index (κ2) is 8.10. The van der Waals surface area contributed by atoms with Crippen molar-refractivity contribution in [3.05, 3.63) is 107 Å². The molecule has 3 rings (SSSR count). The fourth-order valence-electron chi connectivity index (χ4n) is 3.18. The average Bonchev–Trinajstić information content (AvgIpc) is 2.64. The minimum absolute atomic E-state index is 0.0476. The van der Waals surface area contributed by atoms with Gasteiger partial charge in [0.15, 0.2) is 0 Å². The van der Waals surface area contributed by atoms with Gasteiger partial charge in [-0.3, -0.25) is 0 Å². The highest BCUT2D eigenvalue weighted by atomic mass is 28.2. The van der Waals surface area contributed by atoms with Crippen LogP contribution in [0, 0.1) is 13.8 Å². The van der Waals surface area contributed by atoms with Crippen LogP contribution >= 0.6 is 0 Å². The van der Waals surface area contributed by atoms with E-state index >= 15 is 0 Å². The van der Waals surface area contributed by atoms with E-state index in [0.717, 1.165) is 0 Å². The summed E-state index contributed by atoms with van der Waals surface area (Å²) < 4.78 is 6.09. The average molecular weight is 345 g/mol. The van der Waals surface area contributed by atoms with E-state index < -0.39 is 0 Å². The number of hydrogen-bond acceptors (Lipinski definition) is 1. The summed E-state index contributed by atoms with van der Waals surface area (Å²) in [5, 5.41) is 0. The molecule has 0 aliphatic heterocycles. The van der Waals surface area contributed by atoms with E-state index in [-0.39, 0.29) is 6.10 Å². The van der Waals surface area contributed by atoms with Crippen molar-refractivity contribution in [1.29, 1.82) is 0 Å². The molecule has 0 heterocycles. The van der Waals surface area contributed by atoms with Crippen LogP contribution in [0.1, 0.15) is 33.9 Å². The molecule has 1 nitrogen and oxygen atoms in total. The molecule has 1 atom stereocenters. The molecule has 3 aromatic carbocycles. The summed E-state index contributed by atoms with van der Waals surface area (Å²) in [5.74, 6) is 0. The Morgan fingerprint density at radius 1 is 0.800 bits per heavy atom. The van der Waals surface area contributed by atoms with Crippen LogP contribution < -0.4 is 0 Å². The van der Waals surface area contributed by atoms with E-state index in [9.17, 15) is 0 Å². The lowest BCUT2D eigenvalue weighted by Gasteiger charge is -2.22. The molecule has 0 saturated carbocycles. The summed E-state index contributed by atoms with van der Waals surface area (Å²) in [5.41, 5.74) is 7.43. The molecule has 0 aromatic heterocycles. The minimum atomic E-state index is -0.0476. The second-order valence-electron chi connectivity index (χ2n) is 6.30. The van der Waals surface area contributed by atoms with E-state index in [0.29, 0.717) is 10.5 Å². The van der Waals surface area contributed by atoms with Gasteiger partial charge in [0.2, 0.25) is 0 Å². The molecule has 0 bridgehead atoms. The Morgan fingerprint density at radius 2 is 1.40 bits per heavy atom. The predicted molar refractivity (Wildman–Crippen MR) is 110 cm³/mol. The third kappa shape index (κ3) is 3.98. The van der Waals surface area contributed by atoms with Crippen LogP contribution in [0.15, 0.2) is 78.9 Å². The maximum absolute atomic E-state index is 6.09. The third-order valence-electron chi connectivity index (χ3n) is 4.58. The van der Waals surface area contributed by atoms with Gasteiger partial charge in [-0.05, 0) is 53.3 Å². The van der Waals surface area contributed by atoms with Crippen LogP contribution in [0.2, 0.25) is 0 Å². The van der Waals surface area contributed by atoms with E-state index in [4.69, 9.17) is 4.43 Å². The molecule has 0 N–H and O–H groups in total. The van der Waals surface area contributed by atoms with Crippen molar-refractivity contribution in [3.8, 4) is 0 Å². The van der Waals surface area contributed by atoms with Crippen LogP contribution in [-0.2, 0) is 4.43 Å². The molecule has 0 spiro atoms. The first kappa shape index (κ1) is 17.4. The van der Waals surface area contributed by atoms with Crippen LogP contribution in [0.3, 0.4) is 0 Å². The van der Waals surface area contributed by atoms with Gasteiger partial charge in [-0.25, -0.2) is 0 Å². The summed E-state index contributed by atoms with van der Waals surface area (Å²) in [6.07, 6.45) is 2.24. The number of hydrogen-bond donors (Lipinski definition) is 0. The van der Waals surface area contributed by atoms with Crippen LogP contribution in [-0.4, -0.2) is 10.5 Å². The maximum Gasteiger partial charge on any atom is 0.147 e. The Bertz CT molecular complexity index is 868. The lowest BCUT2D eigenvalue weighted by molar-refractivity contribution is 0.293. The van der Waals surface area contributed by atoms with E-state index in [1.165, 1.54) is 33.4 Å². The Hall–Kier alpha value is -2.42. The fourth-order valence-corrected chi connectivity index (χ4v) is 3.70. The molecule has 0 amide bonds. The Balaban J connectivity index is 2.19. The first-order valence-corrected chi connectivity index (χ1v) is 9.43. The van der Waals surface area contributed by atoms with Gasteiger partial charge in [0.05, 0.1) is 6.10 Å². The van der Waals surface area contributed by atoms with Crippen LogP contribution in [0.4, 0.5) is 0 Å². The standard InChI is InChI=1S/C23H24OSi/c1-17-10-6-8-14-20(17)16-22(21-15-9-7-11-18(21)2)23(24-25)19-12-4-3-5-13-19/h3-16,23H,1-2,25H3. The van der Waals surface area contributed by atoms with E-state index in [1.54, 1.807) is 0 Å². The van der Waals surface area contributed by atoms with Crippen molar-refractivity contribution in [2.24, 2.45) is 0 Å². The fraction of sp³-hybridized carbons (Fsp3) is 0.130. The number of rotatable bonds is 5. The summed E-state index contributed by atoms with van der Waals surface area (Å²) in [6, 6.07) is 27.5. The maximum atomic E-state index is 6.09. The Kier molecular flexibility index (Phi) is 5.64. The van der Waals surface area contributed by atoms with Gasteiger partial charge in [0.1, 0.15) is 10.5 Å². The van der Waals surface area contributed by atoms with E-state index in [2.05, 4.69) is 92.7 Å². The Morgan fingerprint density at radius 3 is 2.04 bits per heavy atom. The zero-order valence-electron chi connectivity index (χ0n) is 15.1. The van der Waals surface area contributed by atoms with Crippen molar-refractivity contribution in [2.45, 2.75) is 20.0 Å². The molecule has 2 heteroatoms.